The van der Waals surface area contributed by atoms with E-state index in [0.717, 1.165) is 26.3 Å². The third kappa shape index (κ3) is 0.981. The van der Waals surface area contributed by atoms with Crippen molar-refractivity contribution >= 4 is 6.03 Å². The summed E-state index contributed by atoms with van der Waals surface area (Å²) < 4.78 is 5.11. The van der Waals surface area contributed by atoms with Crippen LogP contribution in [0.1, 0.15) is 12.8 Å². The molecule has 0 aromatic carbocycles. The first-order chi connectivity index (χ1) is 6.36. The third-order valence-electron chi connectivity index (χ3n) is 3.34. The number of carbonyl (C=O) groups is 1. The molecule has 3 saturated heterocycles. The Morgan fingerprint density at radius 3 is 2.69 bits per heavy atom. The molecule has 0 spiro atoms. The van der Waals surface area contributed by atoms with Gasteiger partial charge in [0, 0.05) is 13.1 Å². The molecular formula is C9H14N2O2. The fourth-order valence-electron chi connectivity index (χ4n) is 2.46. The van der Waals surface area contributed by atoms with Crippen LogP contribution in [0.25, 0.3) is 0 Å². The number of rotatable bonds is 1. The number of nitrogens with zero attached hydrogens (tertiary/aromatic N) is 2. The summed E-state index contributed by atoms with van der Waals surface area (Å²) in [5.74, 6) is 0. The van der Waals surface area contributed by atoms with Gasteiger partial charge in [0.2, 0.25) is 0 Å². The lowest BCUT2D eigenvalue weighted by Gasteiger charge is -2.34. The zero-order valence-electron chi connectivity index (χ0n) is 7.61. The molecule has 0 N–H and O–H groups in total. The molecule has 0 saturated carbocycles. The van der Waals surface area contributed by atoms with Crippen LogP contribution in [0.2, 0.25) is 0 Å². The highest BCUT2D eigenvalue weighted by molar-refractivity contribution is 5.78. The van der Waals surface area contributed by atoms with Crippen molar-refractivity contribution in [2.75, 3.05) is 26.3 Å². The molecule has 72 valence electrons. The fourth-order valence-corrected chi connectivity index (χ4v) is 2.46. The molecule has 13 heavy (non-hydrogen) atoms. The van der Waals surface area contributed by atoms with Crippen LogP contribution in [0.3, 0.4) is 0 Å². The predicted octanol–water partition coefficient (Wildman–Crippen LogP) is 0.285. The average molecular weight is 182 g/mol. The van der Waals surface area contributed by atoms with Gasteiger partial charge in [-0.1, -0.05) is 0 Å². The highest BCUT2D eigenvalue weighted by Crippen LogP contribution is 2.28. The summed E-state index contributed by atoms with van der Waals surface area (Å²) in [5, 5.41) is 0. The minimum absolute atomic E-state index is 0.246. The predicted molar refractivity (Wildman–Crippen MR) is 46.4 cm³/mol. The second-order valence-electron chi connectivity index (χ2n) is 4.12. The van der Waals surface area contributed by atoms with Crippen LogP contribution in [0.4, 0.5) is 4.79 Å². The summed E-state index contributed by atoms with van der Waals surface area (Å²) in [6, 6.07) is 1.13. The SMILES string of the molecule is O=C1N(C2COC2)C[C@@H]2CCCN12. The lowest BCUT2D eigenvalue weighted by atomic mass is 10.2. The summed E-state index contributed by atoms with van der Waals surface area (Å²) in [5.41, 5.74) is 0. The molecule has 0 unspecified atom stereocenters. The van der Waals surface area contributed by atoms with Crippen molar-refractivity contribution in [3.05, 3.63) is 0 Å². The van der Waals surface area contributed by atoms with Crippen LogP contribution in [-0.4, -0.2) is 54.2 Å². The Morgan fingerprint density at radius 1 is 1.23 bits per heavy atom. The Kier molecular flexibility index (Phi) is 1.53. The zero-order valence-corrected chi connectivity index (χ0v) is 7.61. The van der Waals surface area contributed by atoms with Crippen LogP contribution >= 0.6 is 0 Å². The number of hydrogen-bond donors (Lipinski definition) is 0. The Hall–Kier alpha value is -0.770. The topological polar surface area (TPSA) is 32.8 Å². The minimum atomic E-state index is 0.246. The van der Waals surface area contributed by atoms with E-state index < -0.39 is 0 Å². The zero-order chi connectivity index (χ0) is 8.84. The average Bonchev–Trinajstić information content (AvgIpc) is 2.54. The number of urea groups is 1. The number of hydrogen-bond acceptors (Lipinski definition) is 2. The Balaban J connectivity index is 1.75. The van der Waals surface area contributed by atoms with Gasteiger partial charge in [-0.25, -0.2) is 4.79 Å². The summed E-state index contributed by atoms with van der Waals surface area (Å²) in [6.45, 7) is 3.39. The Bertz CT molecular complexity index is 240. The third-order valence-corrected chi connectivity index (χ3v) is 3.34. The van der Waals surface area contributed by atoms with Gasteiger partial charge in [-0.05, 0) is 12.8 Å². The molecular weight excluding hydrogens is 168 g/mol. The largest absolute Gasteiger partial charge is 0.377 e. The second kappa shape index (κ2) is 2.61. The van der Waals surface area contributed by atoms with Crippen LogP contribution in [0, 0.1) is 0 Å². The van der Waals surface area contributed by atoms with E-state index in [1.54, 1.807) is 0 Å². The van der Waals surface area contributed by atoms with Gasteiger partial charge in [-0.2, -0.15) is 0 Å². The Morgan fingerprint density at radius 2 is 2.08 bits per heavy atom. The van der Waals surface area contributed by atoms with E-state index in [2.05, 4.69) is 0 Å². The van der Waals surface area contributed by atoms with E-state index in [-0.39, 0.29) is 6.03 Å². The number of ether oxygens (including phenoxy) is 1. The summed E-state index contributed by atoms with van der Waals surface area (Å²) in [6.07, 6.45) is 2.38. The second-order valence-corrected chi connectivity index (χ2v) is 4.12. The maximum absolute atomic E-state index is 11.8. The van der Waals surface area contributed by atoms with Crippen LogP contribution in [0.5, 0.6) is 0 Å². The molecule has 1 atom stereocenters. The van der Waals surface area contributed by atoms with Crippen LogP contribution in [0.15, 0.2) is 0 Å². The lowest BCUT2D eigenvalue weighted by molar-refractivity contribution is -0.0450. The van der Waals surface area contributed by atoms with E-state index in [1.807, 2.05) is 9.80 Å². The summed E-state index contributed by atoms with van der Waals surface area (Å²) in [4.78, 5) is 15.8. The minimum Gasteiger partial charge on any atom is -0.377 e. The molecule has 3 rings (SSSR count). The van der Waals surface area contributed by atoms with Gasteiger partial charge < -0.3 is 14.5 Å². The number of fused-ring (bicyclic) bond motifs is 1. The molecule has 3 heterocycles. The number of amides is 2. The molecule has 4 heteroatoms. The van der Waals surface area contributed by atoms with Crippen molar-refractivity contribution in [3.8, 4) is 0 Å². The van der Waals surface area contributed by atoms with Gasteiger partial charge in [0.15, 0.2) is 0 Å². The monoisotopic (exact) mass is 182 g/mol. The molecule has 3 fully saturated rings. The molecule has 3 aliphatic heterocycles. The number of carbonyl (C=O) groups excluding carboxylic acids is 1. The maximum Gasteiger partial charge on any atom is 0.320 e. The van der Waals surface area contributed by atoms with Gasteiger partial charge in [-0.15, -0.1) is 0 Å². The molecule has 2 amide bonds. The highest BCUT2D eigenvalue weighted by Gasteiger charge is 2.44. The first-order valence-electron chi connectivity index (χ1n) is 5.01. The normalized spacial score (nSPS) is 33.8. The van der Waals surface area contributed by atoms with E-state index in [0.29, 0.717) is 12.1 Å². The van der Waals surface area contributed by atoms with Gasteiger partial charge in [0.05, 0.1) is 25.3 Å². The highest BCUT2D eigenvalue weighted by atomic mass is 16.5. The molecule has 0 aromatic rings. The standard InChI is InChI=1S/C9H14N2O2/c12-9-10-3-1-2-7(10)4-11(9)8-5-13-6-8/h7-8H,1-6H2/t7-/m0/s1. The molecule has 0 aromatic heterocycles. The van der Waals surface area contributed by atoms with E-state index in [9.17, 15) is 4.79 Å². The molecule has 0 bridgehead atoms. The fraction of sp³-hybridized carbons (Fsp3) is 0.889. The van der Waals surface area contributed by atoms with Crippen LogP contribution < -0.4 is 0 Å². The van der Waals surface area contributed by atoms with Crippen molar-refractivity contribution in [1.82, 2.24) is 9.80 Å². The van der Waals surface area contributed by atoms with Crippen molar-refractivity contribution in [2.24, 2.45) is 0 Å². The van der Waals surface area contributed by atoms with E-state index >= 15 is 0 Å². The van der Waals surface area contributed by atoms with Crippen molar-refractivity contribution < 1.29 is 9.53 Å². The first-order valence-corrected chi connectivity index (χ1v) is 5.01. The molecule has 4 nitrogen and oxygen atoms in total. The van der Waals surface area contributed by atoms with E-state index in [4.69, 9.17) is 4.74 Å². The lowest BCUT2D eigenvalue weighted by Crippen LogP contribution is -2.50. The van der Waals surface area contributed by atoms with Crippen molar-refractivity contribution in [2.45, 2.75) is 24.9 Å². The summed E-state index contributed by atoms with van der Waals surface area (Å²) in [7, 11) is 0. The molecule has 0 aliphatic carbocycles. The van der Waals surface area contributed by atoms with Crippen LogP contribution in [-0.2, 0) is 4.74 Å². The van der Waals surface area contributed by atoms with Crippen molar-refractivity contribution in [1.29, 1.82) is 0 Å². The molecule has 3 aliphatic rings. The van der Waals surface area contributed by atoms with Gasteiger partial charge in [-0.3, -0.25) is 0 Å². The van der Waals surface area contributed by atoms with Gasteiger partial charge in [0.25, 0.3) is 0 Å². The Labute approximate surface area is 77.4 Å². The van der Waals surface area contributed by atoms with Gasteiger partial charge >= 0.3 is 6.03 Å². The summed E-state index contributed by atoms with van der Waals surface area (Å²) >= 11 is 0. The quantitative estimate of drug-likeness (QED) is 0.583. The van der Waals surface area contributed by atoms with Crippen molar-refractivity contribution in [3.63, 3.8) is 0 Å². The molecule has 0 radical (unpaired) electrons. The van der Waals surface area contributed by atoms with Gasteiger partial charge in [0.1, 0.15) is 0 Å². The smallest absolute Gasteiger partial charge is 0.320 e. The maximum atomic E-state index is 11.8. The first kappa shape index (κ1) is 7.62. The van der Waals surface area contributed by atoms with E-state index in [1.165, 1.54) is 12.8 Å².